The molecule has 0 aromatic heterocycles. The zero-order chi connectivity index (χ0) is 16.2. The number of carbonyl (C=O) groups excluding carboxylic acids is 1. The molecule has 2 aliphatic rings. The van der Waals surface area contributed by atoms with Gasteiger partial charge in [-0.05, 0) is 39.5 Å². The van der Waals surface area contributed by atoms with Crippen LogP contribution in [0, 0.1) is 5.92 Å². The van der Waals surface area contributed by atoms with Crippen LogP contribution in [0.25, 0.3) is 0 Å². The van der Waals surface area contributed by atoms with Crippen molar-refractivity contribution in [3.8, 4) is 0 Å². The number of hydrogen-bond donors (Lipinski definition) is 1. The Morgan fingerprint density at radius 1 is 1.14 bits per heavy atom. The van der Waals surface area contributed by atoms with E-state index in [9.17, 15) is 4.79 Å². The summed E-state index contributed by atoms with van der Waals surface area (Å²) < 4.78 is 5.46. The summed E-state index contributed by atoms with van der Waals surface area (Å²) >= 11 is 0. The van der Waals surface area contributed by atoms with Gasteiger partial charge in [0.05, 0.1) is 0 Å². The predicted molar refractivity (Wildman–Crippen MR) is 88.8 cm³/mol. The number of nitrogens with zero attached hydrogens (tertiary/aromatic N) is 2. The largest absolute Gasteiger partial charge is 0.444 e. The monoisotopic (exact) mass is 311 g/mol. The molecule has 0 radical (unpaired) electrons. The van der Waals surface area contributed by atoms with Crippen LogP contribution in [-0.2, 0) is 4.74 Å². The predicted octanol–water partition coefficient (Wildman–Crippen LogP) is 2.45. The van der Waals surface area contributed by atoms with Crippen LogP contribution >= 0.6 is 0 Å². The van der Waals surface area contributed by atoms with Crippen molar-refractivity contribution in [3.63, 3.8) is 0 Å². The maximum absolute atomic E-state index is 12.1. The highest BCUT2D eigenvalue weighted by Gasteiger charge is 2.32. The fraction of sp³-hybridized carbons (Fsp3) is 0.941. The average Bonchev–Trinajstić information content (AvgIpc) is 2.48. The van der Waals surface area contributed by atoms with Gasteiger partial charge < -0.3 is 15.4 Å². The normalized spacial score (nSPS) is 23.4. The molecule has 0 aromatic rings. The van der Waals surface area contributed by atoms with Crippen molar-refractivity contribution in [1.29, 1.82) is 0 Å². The Morgan fingerprint density at radius 2 is 1.73 bits per heavy atom. The molecule has 2 rings (SSSR count). The Labute approximate surface area is 135 Å². The Morgan fingerprint density at radius 3 is 2.23 bits per heavy atom. The molecule has 1 saturated carbocycles. The quantitative estimate of drug-likeness (QED) is 0.870. The molecule has 2 fully saturated rings. The molecule has 128 valence electrons. The molecule has 1 saturated heterocycles. The first-order chi connectivity index (χ1) is 10.4. The molecule has 0 aromatic carbocycles. The summed E-state index contributed by atoms with van der Waals surface area (Å²) in [4.78, 5) is 16.4. The van der Waals surface area contributed by atoms with Gasteiger partial charge in [-0.25, -0.2) is 4.79 Å². The Balaban J connectivity index is 1.83. The zero-order valence-corrected chi connectivity index (χ0v) is 14.5. The van der Waals surface area contributed by atoms with Crippen LogP contribution in [-0.4, -0.2) is 60.3 Å². The van der Waals surface area contributed by atoms with Gasteiger partial charge >= 0.3 is 6.09 Å². The lowest BCUT2D eigenvalue weighted by atomic mass is 9.83. The lowest BCUT2D eigenvalue weighted by Crippen LogP contribution is -2.56. The van der Waals surface area contributed by atoms with Gasteiger partial charge in [0.25, 0.3) is 0 Å². The second-order valence-electron chi connectivity index (χ2n) is 7.70. The van der Waals surface area contributed by atoms with E-state index in [4.69, 9.17) is 10.5 Å². The van der Waals surface area contributed by atoms with Gasteiger partial charge in [-0.1, -0.05) is 19.3 Å². The van der Waals surface area contributed by atoms with Gasteiger partial charge in [-0.2, -0.15) is 0 Å². The van der Waals surface area contributed by atoms with Crippen LogP contribution < -0.4 is 5.73 Å². The maximum Gasteiger partial charge on any atom is 0.410 e. The Hall–Kier alpha value is -0.810. The number of hydrogen-bond acceptors (Lipinski definition) is 4. The average molecular weight is 311 g/mol. The summed E-state index contributed by atoms with van der Waals surface area (Å²) in [5.74, 6) is 0.742. The first kappa shape index (κ1) is 17.5. The van der Waals surface area contributed by atoms with Crippen molar-refractivity contribution in [1.82, 2.24) is 9.80 Å². The molecule has 2 N–H and O–H groups in total. The van der Waals surface area contributed by atoms with E-state index in [0.717, 1.165) is 38.6 Å². The standard InChI is InChI=1S/C17H33N3O2/c1-17(2,3)22-16(21)20-11-9-19(10-12-20)15(13-18)14-7-5-4-6-8-14/h14-15H,4-13,18H2,1-3H3/t15-/m1/s1. The molecule has 0 bridgehead atoms. The van der Waals surface area contributed by atoms with Gasteiger partial charge in [0.1, 0.15) is 5.60 Å². The van der Waals surface area contributed by atoms with E-state index in [1.54, 1.807) is 0 Å². The number of ether oxygens (including phenoxy) is 1. The van der Waals surface area contributed by atoms with E-state index in [-0.39, 0.29) is 6.09 Å². The van der Waals surface area contributed by atoms with Crippen molar-refractivity contribution in [3.05, 3.63) is 0 Å². The molecule has 5 heteroatoms. The van der Waals surface area contributed by atoms with E-state index in [0.29, 0.717) is 6.04 Å². The van der Waals surface area contributed by atoms with E-state index >= 15 is 0 Å². The van der Waals surface area contributed by atoms with E-state index in [1.165, 1.54) is 32.1 Å². The number of nitrogens with two attached hydrogens (primary N) is 1. The molecule has 22 heavy (non-hydrogen) atoms. The molecule has 5 nitrogen and oxygen atoms in total. The van der Waals surface area contributed by atoms with E-state index in [1.807, 2.05) is 25.7 Å². The molecule has 1 amide bonds. The zero-order valence-electron chi connectivity index (χ0n) is 14.5. The van der Waals surface area contributed by atoms with Crippen LogP contribution in [0.1, 0.15) is 52.9 Å². The molecule has 1 aliphatic heterocycles. The molecule has 1 aliphatic carbocycles. The summed E-state index contributed by atoms with van der Waals surface area (Å²) in [6.07, 6.45) is 6.51. The molecule has 1 heterocycles. The smallest absolute Gasteiger partial charge is 0.410 e. The molecular formula is C17H33N3O2. The van der Waals surface area contributed by atoms with Crippen LogP contribution in [0.2, 0.25) is 0 Å². The molecule has 0 unspecified atom stereocenters. The van der Waals surface area contributed by atoms with Crippen molar-refractivity contribution in [2.45, 2.75) is 64.5 Å². The highest BCUT2D eigenvalue weighted by molar-refractivity contribution is 5.68. The number of carbonyl (C=O) groups is 1. The van der Waals surface area contributed by atoms with Crippen LogP contribution in [0.5, 0.6) is 0 Å². The van der Waals surface area contributed by atoms with Gasteiger partial charge in [0, 0.05) is 38.8 Å². The summed E-state index contributed by atoms with van der Waals surface area (Å²) in [5.41, 5.74) is 5.64. The fourth-order valence-corrected chi connectivity index (χ4v) is 3.72. The highest BCUT2D eigenvalue weighted by Crippen LogP contribution is 2.29. The van der Waals surface area contributed by atoms with Crippen molar-refractivity contribution in [2.24, 2.45) is 11.7 Å². The minimum Gasteiger partial charge on any atom is -0.444 e. The molecule has 0 spiro atoms. The summed E-state index contributed by atoms with van der Waals surface area (Å²) in [6.45, 7) is 9.79. The molecular weight excluding hydrogens is 278 g/mol. The SMILES string of the molecule is CC(C)(C)OC(=O)N1CCN([C@H](CN)C2CCCCC2)CC1. The van der Waals surface area contributed by atoms with Crippen LogP contribution in [0.4, 0.5) is 4.79 Å². The van der Waals surface area contributed by atoms with Gasteiger partial charge in [-0.15, -0.1) is 0 Å². The lowest BCUT2D eigenvalue weighted by Gasteiger charge is -2.43. The lowest BCUT2D eigenvalue weighted by molar-refractivity contribution is 0.00572. The first-order valence-corrected chi connectivity index (χ1v) is 8.83. The first-order valence-electron chi connectivity index (χ1n) is 8.83. The van der Waals surface area contributed by atoms with Crippen molar-refractivity contribution < 1.29 is 9.53 Å². The Bertz CT molecular complexity index is 353. The Kier molecular flexibility index (Phi) is 6.09. The topological polar surface area (TPSA) is 58.8 Å². The third-order valence-electron chi connectivity index (χ3n) is 4.87. The highest BCUT2D eigenvalue weighted by atomic mass is 16.6. The second kappa shape index (κ2) is 7.64. The van der Waals surface area contributed by atoms with E-state index in [2.05, 4.69) is 4.90 Å². The minimum absolute atomic E-state index is 0.186. The number of rotatable bonds is 3. The summed E-state index contributed by atoms with van der Waals surface area (Å²) in [5, 5.41) is 0. The summed E-state index contributed by atoms with van der Waals surface area (Å²) in [7, 11) is 0. The van der Waals surface area contributed by atoms with Crippen molar-refractivity contribution >= 4 is 6.09 Å². The van der Waals surface area contributed by atoms with Crippen molar-refractivity contribution in [2.75, 3.05) is 32.7 Å². The molecule has 1 atom stereocenters. The van der Waals surface area contributed by atoms with Crippen LogP contribution in [0.3, 0.4) is 0 Å². The summed E-state index contributed by atoms with van der Waals surface area (Å²) in [6, 6.07) is 0.487. The second-order valence-corrected chi connectivity index (χ2v) is 7.70. The van der Waals surface area contributed by atoms with E-state index < -0.39 is 5.60 Å². The number of amides is 1. The minimum atomic E-state index is -0.421. The third-order valence-corrected chi connectivity index (χ3v) is 4.87. The number of piperazine rings is 1. The van der Waals surface area contributed by atoms with Crippen LogP contribution in [0.15, 0.2) is 0 Å². The van der Waals surface area contributed by atoms with Gasteiger partial charge in [-0.3, -0.25) is 4.90 Å². The fourth-order valence-electron chi connectivity index (χ4n) is 3.72. The third kappa shape index (κ3) is 4.85. The van der Waals surface area contributed by atoms with Gasteiger partial charge in [0.15, 0.2) is 0 Å². The van der Waals surface area contributed by atoms with Gasteiger partial charge in [0.2, 0.25) is 0 Å². The maximum atomic E-state index is 12.1.